The van der Waals surface area contributed by atoms with Crippen molar-refractivity contribution in [3.05, 3.63) is 53.6 Å². The van der Waals surface area contributed by atoms with Crippen LogP contribution in [0.25, 0.3) is 11.6 Å². The molecule has 0 atom stereocenters. The van der Waals surface area contributed by atoms with Crippen molar-refractivity contribution in [1.29, 1.82) is 0 Å². The van der Waals surface area contributed by atoms with Crippen molar-refractivity contribution >= 4 is 23.2 Å². The van der Waals surface area contributed by atoms with Crippen LogP contribution in [0.5, 0.6) is 0 Å². The van der Waals surface area contributed by atoms with Crippen molar-refractivity contribution < 1.29 is 4.79 Å². The van der Waals surface area contributed by atoms with Crippen molar-refractivity contribution in [2.24, 2.45) is 0 Å². The molecule has 0 unspecified atom stereocenters. The van der Waals surface area contributed by atoms with Gasteiger partial charge >= 0.3 is 0 Å². The highest BCUT2D eigenvalue weighted by molar-refractivity contribution is 6.35. The Kier molecular flexibility index (Phi) is 3.06. The molecule has 1 aliphatic rings. The molecule has 4 heteroatoms. The molecule has 0 N–H and O–H groups in total. The van der Waals surface area contributed by atoms with E-state index >= 15 is 0 Å². The van der Waals surface area contributed by atoms with Gasteiger partial charge in [-0.15, -0.1) is 0 Å². The van der Waals surface area contributed by atoms with Crippen LogP contribution in [0.1, 0.15) is 23.7 Å². The second-order valence-corrected chi connectivity index (χ2v) is 4.76. The van der Waals surface area contributed by atoms with Crippen LogP contribution < -0.4 is 4.90 Å². The Bertz CT molecular complexity index is 692. The lowest BCUT2D eigenvalue weighted by molar-refractivity contribution is -0.112. The van der Waals surface area contributed by atoms with Crippen LogP contribution in [0.3, 0.4) is 0 Å². The fraction of sp³-hybridized carbons (Fsp3) is 0.188. The van der Waals surface area contributed by atoms with Crippen LogP contribution in [0.2, 0.25) is 0 Å². The van der Waals surface area contributed by atoms with E-state index in [0.717, 1.165) is 16.8 Å². The first kappa shape index (κ1) is 12.5. The number of aryl methyl sites for hydroxylation is 1. The van der Waals surface area contributed by atoms with Gasteiger partial charge in [-0.25, -0.2) is 0 Å². The van der Waals surface area contributed by atoms with E-state index in [9.17, 15) is 4.79 Å². The fourth-order valence-corrected chi connectivity index (χ4v) is 2.46. The molecule has 1 amide bonds. The molecular formula is C16H15N3O. The summed E-state index contributed by atoms with van der Waals surface area (Å²) in [6, 6.07) is 6.08. The molecule has 0 fully saturated rings. The summed E-state index contributed by atoms with van der Waals surface area (Å²) < 4.78 is 0. The molecule has 0 spiro atoms. The van der Waals surface area contributed by atoms with Crippen LogP contribution in [-0.2, 0) is 4.79 Å². The van der Waals surface area contributed by atoms with Gasteiger partial charge < -0.3 is 4.90 Å². The third-order valence-electron chi connectivity index (χ3n) is 3.40. The first-order chi connectivity index (χ1) is 9.70. The molecule has 0 aliphatic carbocycles. The van der Waals surface area contributed by atoms with Crippen LogP contribution in [0.4, 0.5) is 5.69 Å². The summed E-state index contributed by atoms with van der Waals surface area (Å²) in [7, 11) is 0. The Morgan fingerprint density at radius 2 is 2.15 bits per heavy atom. The highest BCUT2D eigenvalue weighted by Gasteiger charge is 2.31. The lowest BCUT2D eigenvalue weighted by atomic mass is 10.0. The van der Waals surface area contributed by atoms with Gasteiger partial charge in [0.1, 0.15) is 0 Å². The number of aromatic nitrogens is 2. The summed E-state index contributed by atoms with van der Waals surface area (Å²) in [5.74, 6) is 0.0266. The van der Waals surface area contributed by atoms with Crippen LogP contribution in [-0.4, -0.2) is 22.4 Å². The standard InChI is InChI=1S/C16H15N3O/c1-3-19-15-5-4-11(2)8-13(15)14(16(19)20)9-12-10-17-6-7-18-12/h4-10H,3H2,1-2H3. The maximum absolute atomic E-state index is 12.5. The van der Waals surface area contributed by atoms with Gasteiger partial charge in [0.25, 0.3) is 5.91 Å². The molecule has 2 aromatic rings. The topological polar surface area (TPSA) is 46.1 Å². The molecule has 20 heavy (non-hydrogen) atoms. The number of rotatable bonds is 2. The van der Waals surface area contributed by atoms with Crippen molar-refractivity contribution in [3.63, 3.8) is 0 Å². The van der Waals surface area contributed by atoms with Gasteiger partial charge in [-0.2, -0.15) is 0 Å². The highest BCUT2D eigenvalue weighted by atomic mass is 16.2. The molecule has 2 heterocycles. The van der Waals surface area contributed by atoms with E-state index in [1.807, 2.05) is 38.1 Å². The van der Waals surface area contributed by atoms with Gasteiger partial charge in [0, 0.05) is 24.5 Å². The Morgan fingerprint density at radius 1 is 1.30 bits per heavy atom. The first-order valence-electron chi connectivity index (χ1n) is 6.61. The minimum absolute atomic E-state index is 0.0266. The third-order valence-corrected chi connectivity index (χ3v) is 3.40. The average molecular weight is 265 g/mol. The number of benzene rings is 1. The average Bonchev–Trinajstić information content (AvgIpc) is 2.72. The second kappa shape index (κ2) is 4.89. The number of likely N-dealkylation sites (N-methyl/N-ethyl adjacent to an activating group) is 1. The number of hydrogen-bond donors (Lipinski definition) is 0. The third kappa shape index (κ3) is 1.99. The fourth-order valence-electron chi connectivity index (χ4n) is 2.46. The largest absolute Gasteiger partial charge is 0.308 e. The van der Waals surface area contributed by atoms with E-state index in [1.54, 1.807) is 23.5 Å². The zero-order chi connectivity index (χ0) is 14.1. The summed E-state index contributed by atoms with van der Waals surface area (Å²) in [6.07, 6.45) is 6.71. The quantitative estimate of drug-likeness (QED) is 0.784. The van der Waals surface area contributed by atoms with Gasteiger partial charge in [-0.1, -0.05) is 11.6 Å². The summed E-state index contributed by atoms with van der Waals surface area (Å²) in [5, 5.41) is 0. The first-order valence-corrected chi connectivity index (χ1v) is 6.61. The van der Waals surface area contributed by atoms with Gasteiger partial charge in [0.15, 0.2) is 0 Å². The molecule has 0 saturated heterocycles. The summed E-state index contributed by atoms with van der Waals surface area (Å²) >= 11 is 0. The summed E-state index contributed by atoms with van der Waals surface area (Å²) in [6.45, 7) is 4.67. The van der Waals surface area contributed by atoms with E-state index in [1.165, 1.54) is 0 Å². The number of anilines is 1. The van der Waals surface area contributed by atoms with Gasteiger partial charge in [0.05, 0.1) is 23.2 Å². The molecule has 0 radical (unpaired) electrons. The van der Waals surface area contributed by atoms with E-state index in [0.29, 0.717) is 17.8 Å². The highest BCUT2D eigenvalue weighted by Crippen LogP contribution is 2.37. The second-order valence-electron chi connectivity index (χ2n) is 4.76. The van der Waals surface area contributed by atoms with Crippen molar-refractivity contribution in [2.45, 2.75) is 13.8 Å². The zero-order valence-corrected chi connectivity index (χ0v) is 11.5. The smallest absolute Gasteiger partial charge is 0.259 e. The van der Waals surface area contributed by atoms with E-state index < -0.39 is 0 Å². The van der Waals surface area contributed by atoms with E-state index in [-0.39, 0.29) is 5.91 Å². The number of hydrogen-bond acceptors (Lipinski definition) is 3. The number of amides is 1. The Balaban J connectivity index is 2.15. The van der Waals surface area contributed by atoms with Crippen molar-refractivity contribution in [1.82, 2.24) is 9.97 Å². The summed E-state index contributed by atoms with van der Waals surface area (Å²) in [5.41, 5.74) is 4.47. The Morgan fingerprint density at radius 3 is 2.85 bits per heavy atom. The van der Waals surface area contributed by atoms with E-state index in [2.05, 4.69) is 9.97 Å². The van der Waals surface area contributed by atoms with Gasteiger partial charge in [-0.3, -0.25) is 14.8 Å². The zero-order valence-electron chi connectivity index (χ0n) is 11.5. The molecule has 1 aliphatic heterocycles. The minimum atomic E-state index is 0.0266. The predicted octanol–water partition coefficient (Wildman–Crippen LogP) is 2.69. The van der Waals surface area contributed by atoms with Crippen LogP contribution >= 0.6 is 0 Å². The molecule has 0 bridgehead atoms. The minimum Gasteiger partial charge on any atom is -0.308 e. The maximum atomic E-state index is 12.5. The molecular weight excluding hydrogens is 250 g/mol. The van der Waals surface area contributed by atoms with Gasteiger partial charge in [0.2, 0.25) is 0 Å². The molecule has 4 nitrogen and oxygen atoms in total. The molecule has 100 valence electrons. The van der Waals surface area contributed by atoms with Crippen LogP contribution in [0.15, 0.2) is 36.8 Å². The monoisotopic (exact) mass is 265 g/mol. The lowest BCUT2D eigenvalue weighted by Crippen LogP contribution is -2.25. The number of fused-ring (bicyclic) bond motifs is 1. The maximum Gasteiger partial charge on any atom is 0.259 e. The summed E-state index contributed by atoms with van der Waals surface area (Å²) in [4.78, 5) is 22.6. The molecule has 1 aromatic heterocycles. The lowest BCUT2D eigenvalue weighted by Gasteiger charge is -2.13. The Labute approximate surface area is 117 Å². The number of nitrogens with zero attached hydrogens (tertiary/aromatic N) is 3. The Hall–Kier alpha value is -2.49. The van der Waals surface area contributed by atoms with E-state index in [4.69, 9.17) is 0 Å². The SMILES string of the molecule is CCN1C(=O)C(=Cc2cnccn2)c2cc(C)ccc21. The van der Waals surface area contributed by atoms with Gasteiger partial charge in [-0.05, 0) is 32.1 Å². The van der Waals surface area contributed by atoms with Crippen LogP contribution in [0, 0.1) is 6.92 Å². The number of carbonyl (C=O) groups is 1. The molecule has 0 saturated carbocycles. The normalized spacial score (nSPS) is 15.8. The number of carbonyl (C=O) groups excluding carboxylic acids is 1. The molecule has 3 rings (SSSR count). The van der Waals surface area contributed by atoms with Crippen molar-refractivity contribution in [2.75, 3.05) is 11.4 Å². The molecule has 1 aromatic carbocycles. The predicted molar refractivity (Wildman–Crippen MR) is 79.1 cm³/mol. The van der Waals surface area contributed by atoms with Crippen molar-refractivity contribution in [3.8, 4) is 0 Å².